The fourth-order valence-electron chi connectivity index (χ4n) is 4.93. The Bertz CT molecular complexity index is 1540. The van der Waals surface area contributed by atoms with Crippen LogP contribution in [0, 0.1) is 0 Å². The lowest BCUT2D eigenvalue weighted by atomic mass is 9.92. The van der Waals surface area contributed by atoms with Crippen molar-refractivity contribution < 1.29 is 9.47 Å². The Morgan fingerprint density at radius 1 is 0.629 bits per heavy atom. The second-order valence-electron chi connectivity index (χ2n) is 9.64. The quantitative estimate of drug-likeness (QED) is 0.264. The first-order valence-corrected chi connectivity index (χ1v) is 12.2. The Kier molecular flexibility index (Phi) is 5.10. The molecule has 0 fully saturated rings. The van der Waals surface area contributed by atoms with Gasteiger partial charge >= 0.3 is 0 Å². The summed E-state index contributed by atoms with van der Waals surface area (Å²) in [5.74, 6) is 4.37. The van der Waals surface area contributed by atoms with Crippen molar-refractivity contribution in [1.82, 2.24) is 9.55 Å². The number of para-hydroxylation sites is 6. The van der Waals surface area contributed by atoms with Crippen molar-refractivity contribution in [3.8, 4) is 40.1 Å². The number of fused-ring (bicyclic) bond motifs is 3. The third-order valence-electron chi connectivity index (χ3n) is 6.63. The zero-order chi connectivity index (χ0) is 24.1. The Morgan fingerprint density at radius 3 is 1.94 bits per heavy atom. The summed E-state index contributed by atoms with van der Waals surface area (Å²) in [5, 5.41) is 0. The van der Waals surface area contributed by atoms with Gasteiger partial charge in [-0.1, -0.05) is 76.2 Å². The Morgan fingerprint density at radius 2 is 1.23 bits per heavy atom. The van der Waals surface area contributed by atoms with Gasteiger partial charge in [0.25, 0.3) is 0 Å². The normalized spacial score (nSPS) is 12.4. The standard InChI is InChI=1S/C31H28N2O2/c1-19(2)21-11-9-12-22(20(3)4)29(21)33-25-15-6-5-14-24(25)32-31(33)23-13-10-18-28-30(23)35-27-17-8-7-16-26(27)34-28/h5-20H,1-4H3. The van der Waals surface area contributed by atoms with Crippen LogP contribution in [-0.4, -0.2) is 9.55 Å². The second-order valence-corrected chi connectivity index (χ2v) is 9.64. The minimum Gasteiger partial charge on any atom is -0.449 e. The lowest BCUT2D eigenvalue weighted by Crippen LogP contribution is -2.09. The highest BCUT2D eigenvalue weighted by molar-refractivity contribution is 5.86. The molecule has 6 rings (SSSR count). The molecule has 1 aliphatic rings. The van der Waals surface area contributed by atoms with Crippen molar-refractivity contribution >= 4 is 11.0 Å². The maximum absolute atomic E-state index is 6.43. The van der Waals surface area contributed by atoms with Crippen LogP contribution in [0.4, 0.5) is 0 Å². The molecular formula is C31H28N2O2. The van der Waals surface area contributed by atoms with Crippen LogP contribution >= 0.6 is 0 Å². The van der Waals surface area contributed by atoms with E-state index in [0.29, 0.717) is 29.1 Å². The van der Waals surface area contributed by atoms with Gasteiger partial charge in [-0.15, -0.1) is 0 Å². The van der Waals surface area contributed by atoms with Gasteiger partial charge in [0.15, 0.2) is 23.0 Å². The van der Waals surface area contributed by atoms with Crippen LogP contribution < -0.4 is 9.47 Å². The van der Waals surface area contributed by atoms with Crippen LogP contribution in [0.2, 0.25) is 0 Å². The lowest BCUT2D eigenvalue weighted by Gasteiger charge is -2.25. The summed E-state index contributed by atoms with van der Waals surface area (Å²) < 4.78 is 15.0. The van der Waals surface area contributed by atoms with Crippen LogP contribution in [0.3, 0.4) is 0 Å². The molecule has 174 valence electrons. The molecule has 0 bridgehead atoms. The van der Waals surface area contributed by atoms with Crippen molar-refractivity contribution in [1.29, 1.82) is 0 Å². The molecule has 4 nitrogen and oxygen atoms in total. The molecule has 1 aliphatic heterocycles. The van der Waals surface area contributed by atoms with Gasteiger partial charge in [-0.2, -0.15) is 0 Å². The van der Waals surface area contributed by atoms with Crippen molar-refractivity contribution in [2.75, 3.05) is 0 Å². The highest BCUT2D eigenvalue weighted by Crippen LogP contribution is 2.50. The molecule has 0 spiro atoms. The van der Waals surface area contributed by atoms with E-state index in [9.17, 15) is 0 Å². The average molecular weight is 461 g/mol. The summed E-state index contributed by atoms with van der Waals surface area (Å²) in [4.78, 5) is 5.15. The predicted molar refractivity (Wildman–Crippen MR) is 141 cm³/mol. The second kappa shape index (κ2) is 8.31. The van der Waals surface area contributed by atoms with E-state index < -0.39 is 0 Å². The predicted octanol–water partition coefficient (Wildman–Crippen LogP) is 8.84. The highest BCUT2D eigenvalue weighted by atomic mass is 16.6. The number of ether oxygens (including phenoxy) is 2. The molecule has 2 heterocycles. The van der Waals surface area contributed by atoms with Gasteiger partial charge in [0.1, 0.15) is 5.82 Å². The topological polar surface area (TPSA) is 36.3 Å². The molecule has 0 atom stereocenters. The zero-order valence-corrected chi connectivity index (χ0v) is 20.4. The fourth-order valence-corrected chi connectivity index (χ4v) is 4.93. The van der Waals surface area contributed by atoms with E-state index in [1.165, 1.54) is 16.8 Å². The van der Waals surface area contributed by atoms with E-state index >= 15 is 0 Å². The van der Waals surface area contributed by atoms with E-state index in [4.69, 9.17) is 14.5 Å². The number of aromatic nitrogens is 2. The molecule has 0 radical (unpaired) electrons. The van der Waals surface area contributed by atoms with Crippen LogP contribution in [0.5, 0.6) is 23.0 Å². The SMILES string of the molecule is CC(C)c1cccc(C(C)C)c1-n1c(-c2cccc3c2Oc2ccccc2O3)nc2ccccc21. The first kappa shape index (κ1) is 21.5. The van der Waals surface area contributed by atoms with Gasteiger partial charge in [-0.25, -0.2) is 4.98 Å². The van der Waals surface area contributed by atoms with Crippen LogP contribution in [-0.2, 0) is 0 Å². The van der Waals surface area contributed by atoms with Crippen molar-refractivity contribution in [3.63, 3.8) is 0 Å². The number of hydrogen-bond acceptors (Lipinski definition) is 3. The minimum absolute atomic E-state index is 0.355. The average Bonchev–Trinajstić information content (AvgIpc) is 3.25. The van der Waals surface area contributed by atoms with E-state index in [0.717, 1.165) is 28.2 Å². The molecule has 0 N–H and O–H groups in total. The molecule has 35 heavy (non-hydrogen) atoms. The first-order chi connectivity index (χ1) is 17.0. The monoisotopic (exact) mass is 460 g/mol. The number of benzene rings is 4. The fraction of sp³-hybridized carbons (Fsp3) is 0.194. The van der Waals surface area contributed by atoms with E-state index in [-0.39, 0.29) is 0 Å². The van der Waals surface area contributed by atoms with Gasteiger partial charge in [0.05, 0.1) is 22.3 Å². The van der Waals surface area contributed by atoms with Crippen LogP contribution in [0.15, 0.2) is 84.9 Å². The van der Waals surface area contributed by atoms with Gasteiger partial charge in [0.2, 0.25) is 0 Å². The Labute approximate surface area is 205 Å². The van der Waals surface area contributed by atoms with Crippen LogP contribution in [0.25, 0.3) is 28.1 Å². The third kappa shape index (κ3) is 3.48. The van der Waals surface area contributed by atoms with Crippen molar-refractivity contribution in [2.24, 2.45) is 0 Å². The number of nitrogens with zero attached hydrogens (tertiary/aromatic N) is 2. The number of rotatable bonds is 4. The van der Waals surface area contributed by atoms with Gasteiger partial charge in [-0.3, -0.25) is 4.57 Å². The minimum atomic E-state index is 0.355. The Balaban J connectivity index is 1.67. The highest BCUT2D eigenvalue weighted by Gasteiger charge is 2.27. The van der Waals surface area contributed by atoms with Crippen LogP contribution in [0.1, 0.15) is 50.7 Å². The summed E-state index contributed by atoms with van der Waals surface area (Å²) in [6, 6.07) is 28.8. The smallest absolute Gasteiger partial charge is 0.181 e. The van der Waals surface area contributed by atoms with Gasteiger partial charge < -0.3 is 9.47 Å². The lowest BCUT2D eigenvalue weighted by molar-refractivity contribution is 0.360. The summed E-state index contributed by atoms with van der Waals surface area (Å²) in [6.45, 7) is 9.00. The molecular weight excluding hydrogens is 432 g/mol. The number of hydrogen-bond donors (Lipinski definition) is 0. The third-order valence-corrected chi connectivity index (χ3v) is 6.63. The maximum Gasteiger partial charge on any atom is 0.181 e. The van der Waals surface area contributed by atoms with Crippen molar-refractivity contribution in [3.05, 3.63) is 96.1 Å². The molecule has 0 aliphatic carbocycles. The molecule has 0 amide bonds. The summed E-state index contributed by atoms with van der Waals surface area (Å²) in [7, 11) is 0. The molecule has 1 aromatic heterocycles. The van der Waals surface area contributed by atoms with E-state index in [1.54, 1.807) is 0 Å². The molecule has 0 saturated carbocycles. The number of imidazole rings is 1. The first-order valence-electron chi connectivity index (χ1n) is 12.2. The molecule has 0 saturated heterocycles. The van der Waals surface area contributed by atoms with Crippen molar-refractivity contribution in [2.45, 2.75) is 39.5 Å². The van der Waals surface area contributed by atoms with Gasteiger partial charge in [-0.05, 0) is 59.4 Å². The zero-order valence-electron chi connectivity index (χ0n) is 20.4. The summed E-state index contributed by atoms with van der Waals surface area (Å²) in [6.07, 6.45) is 0. The molecule has 4 heteroatoms. The van der Waals surface area contributed by atoms with E-state index in [2.05, 4.69) is 74.7 Å². The molecule has 0 unspecified atom stereocenters. The Hall–Kier alpha value is -4.05. The molecule has 5 aromatic rings. The maximum atomic E-state index is 6.43. The van der Waals surface area contributed by atoms with E-state index in [1.807, 2.05) is 42.5 Å². The summed E-state index contributed by atoms with van der Waals surface area (Å²) >= 11 is 0. The largest absolute Gasteiger partial charge is 0.449 e. The summed E-state index contributed by atoms with van der Waals surface area (Å²) in [5.41, 5.74) is 6.73. The van der Waals surface area contributed by atoms with Gasteiger partial charge in [0, 0.05) is 0 Å². The molecule has 4 aromatic carbocycles.